The fraction of sp³-hybridized carbons (Fsp3) is 0.273. The summed E-state index contributed by atoms with van der Waals surface area (Å²) in [5.41, 5.74) is 1.37. The monoisotopic (exact) mass is 514 g/mol. The Labute approximate surface area is 198 Å². The van der Waals surface area contributed by atoms with Gasteiger partial charge in [-0.2, -0.15) is 0 Å². The lowest BCUT2D eigenvalue weighted by Gasteiger charge is -2.22. The molecule has 1 aromatic heterocycles. The van der Waals surface area contributed by atoms with E-state index in [0.717, 1.165) is 22.5 Å². The first-order valence-electron chi connectivity index (χ1n) is 9.95. The molecule has 7 nitrogen and oxygen atoms in total. The van der Waals surface area contributed by atoms with Crippen LogP contribution in [0.2, 0.25) is 0 Å². The number of aryl methyl sites for hydroxylation is 2. The summed E-state index contributed by atoms with van der Waals surface area (Å²) in [6.07, 6.45) is -4.81. The van der Waals surface area contributed by atoms with E-state index in [0.29, 0.717) is 26.6 Å². The molecule has 0 atom stereocenters. The topological polar surface area (TPSA) is 96.8 Å². The van der Waals surface area contributed by atoms with Crippen LogP contribution < -0.4 is 9.04 Å². The van der Waals surface area contributed by atoms with Gasteiger partial charge in [-0.15, -0.1) is 24.5 Å². The number of aromatic carboxylic acids is 1. The van der Waals surface area contributed by atoms with Crippen LogP contribution in [0.1, 0.15) is 33.3 Å². The highest BCUT2D eigenvalue weighted by Crippen LogP contribution is 2.36. The minimum Gasteiger partial charge on any atom is -0.478 e. The molecule has 0 radical (unpaired) electrons. The number of rotatable bonds is 7. The lowest BCUT2D eigenvalue weighted by atomic mass is 10.0. The van der Waals surface area contributed by atoms with Crippen molar-refractivity contribution in [3.63, 3.8) is 0 Å². The second kappa shape index (κ2) is 9.26. The minimum absolute atomic E-state index is 0.0278. The van der Waals surface area contributed by atoms with Crippen LogP contribution in [-0.4, -0.2) is 37.4 Å². The third-order valence-corrected chi connectivity index (χ3v) is 7.94. The molecular weight excluding hydrogens is 493 g/mol. The van der Waals surface area contributed by atoms with Gasteiger partial charge < -0.3 is 9.84 Å². The van der Waals surface area contributed by atoms with E-state index in [4.69, 9.17) is 0 Å². The molecule has 0 aliphatic rings. The summed E-state index contributed by atoms with van der Waals surface area (Å²) in [6.45, 7) is 6.57. The Bertz CT molecular complexity index is 1330. The van der Waals surface area contributed by atoms with Gasteiger partial charge in [-0.25, -0.2) is 22.5 Å². The Morgan fingerprint density at radius 3 is 2.29 bits per heavy atom. The maximum atomic E-state index is 13.5. The van der Waals surface area contributed by atoms with E-state index in [9.17, 15) is 31.5 Å². The predicted octanol–water partition coefficient (Wildman–Crippen LogP) is 5.55. The zero-order valence-corrected chi connectivity index (χ0v) is 20.2. The highest BCUT2D eigenvalue weighted by molar-refractivity contribution is 7.92. The zero-order valence-electron chi connectivity index (χ0n) is 18.6. The van der Waals surface area contributed by atoms with Crippen molar-refractivity contribution < 1.29 is 36.2 Å². The van der Waals surface area contributed by atoms with Crippen molar-refractivity contribution in [1.82, 2.24) is 4.98 Å². The molecule has 1 N–H and O–H groups in total. The smallest absolute Gasteiger partial charge is 0.478 e. The number of nitrogens with zero attached hydrogens (tertiary/aromatic N) is 2. The van der Waals surface area contributed by atoms with Gasteiger partial charge in [-0.05, 0) is 75.2 Å². The number of sulfonamides is 1. The van der Waals surface area contributed by atoms with Crippen LogP contribution in [0, 0.1) is 20.8 Å². The number of alkyl halides is 3. The summed E-state index contributed by atoms with van der Waals surface area (Å²) in [4.78, 5) is 16.4. The quantitative estimate of drug-likeness (QED) is 0.444. The normalized spacial score (nSPS) is 12.0. The van der Waals surface area contributed by atoms with Gasteiger partial charge in [0, 0.05) is 17.0 Å². The van der Waals surface area contributed by atoms with Crippen LogP contribution in [0.5, 0.6) is 5.75 Å². The van der Waals surface area contributed by atoms with E-state index in [1.165, 1.54) is 29.5 Å². The second-order valence-corrected chi connectivity index (χ2v) is 10.4. The van der Waals surface area contributed by atoms with E-state index in [1.54, 1.807) is 27.7 Å². The molecule has 0 amide bonds. The Balaban J connectivity index is 2.01. The van der Waals surface area contributed by atoms with E-state index < -0.39 is 22.4 Å². The van der Waals surface area contributed by atoms with Crippen molar-refractivity contribution >= 4 is 33.1 Å². The van der Waals surface area contributed by atoms with Gasteiger partial charge in [0.05, 0.1) is 10.5 Å². The minimum atomic E-state index is -4.81. The number of ether oxygens (including phenoxy) is 1. The van der Waals surface area contributed by atoms with Crippen LogP contribution in [-0.2, 0) is 10.0 Å². The second-order valence-electron chi connectivity index (χ2n) is 7.36. The number of aromatic nitrogens is 1. The van der Waals surface area contributed by atoms with Crippen molar-refractivity contribution in [2.45, 2.75) is 39.0 Å². The summed E-state index contributed by atoms with van der Waals surface area (Å²) < 4.78 is 69.0. The number of carboxylic acid groups (broad SMARTS) is 1. The number of carbonyl (C=O) groups is 1. The number of hydrogen-bond acceptors (Lipinski definition) is 6. The molecule has 2 aromatic carbocycles. The zero-order chi connectivity index (χ0) is 25.4. The standard InChI is InChI=1S/C22H21F3N2O5S2/c1-5-27(34(30,31)17-10-12(2)13(3)18(11-17)21(28)29)19-14(4)33-20(26-19)15-6-8-16(9-7-15)32-22(23,24)25/h6-11H,5H2,1-4H3,(H,28,29). The molecule has 1 heterocycles. The molecule has 0 saturated heterocycles. The van der Waals surface area contributed by atoms with Gasteiger partial charge in [0.1, 0.15) is 10.8 Å². The van der Waals surface area contributed by atoms with E-state index in [1.807, 2.05) is 0 Å². The van der Waals surface area contributed by atoms with Gasteiger partial charge in [0.2, 0.25) is 0 Å². The summed E-state index contributed by atoms with van der Waals surface area (Å²) in [5.74, 6) is -1.45. The van der Waals surface area contributed by atoms with Gasteiger partial charge in [-0.1, -0.05) is 0 Å². The first-order chi connectivity index (χ1) is 15.7. The molecule has 0 unspecified atom stereocenters. The van der Waals surface area contributed by atoms with Crippen LogP contribution in [0.3, 0.4) is 0 Å². The summed E-state index contributed by atoms with van der Waals surface area (Å²) in [7, 11) is -4.15. The van der Waals surface area contributed by atoms with E-state index in [2.05, 4.69) is 9.72 Å². The van der Waals surface area contributed by atoms with Crippen LogP contribution in [0.25, 0.3) is 10.6 Å². The van der Waals surface area contributed by atoms with Gasteiger partial charge >= 0.3 is 12.3 Å². The van der Waals surface area contributed by atoms with Crippen molar-refractivity contribution in [2.24, 2.45) is 0 Å². The molecule has 0 fully saturated rings. The maximum absolute atomic E-state index is 13.5. The largest absolute Gasteiger partial charge is 0.573 e. The lowest BCUT2D eigenvalue weighted by Crippen LogP contribution is -2.32. The number of hydrogen-bond donors (Lipinski definition) is 1. The molecular formula is C22H21F3N2O5S2. The summed E-state index contributed by atoms with van der Waals surface area (Å²) in [5, 5.41) is 9.87. The van der Waals surface area contributed by atoms with Gasteiger partial charge in [-0.3, -0.25) is 0 Å². The SMILES string of the molecule is CCN(c1nc(-c2ccc(OC(F)(F)F)cc2)sc1C)S(=O)(=O)c1cc(C)c(C)c(C(=O)O)c1. The average Bonchev–Trinajstić information content (AvgIpc) is 3.10. The third-order valence-electron chi connectivity index (χ3n) is 5.09. The maximum Gasteiger partial charge on any atom is 0.573 e. The molecule has 12 heteroatoms. The van der Waals surface area contributed by atoms with Crippen molar-refractivity contribution in [1.29, 1.82) is 0 Å². The molecule has 0 bridgehead atoms. The molecule has 0 spiro atoms. The molecule has 0 saturated carbocycles. The molecule has 0 aliphatic carbocycles. The number of benzene rings is 2. The van der Waals surface area contributed by atoms with Crippen LogP contribution in [0.4, 0.5) is 19.0 Å². The first-order valence-corrected chi connectivity index (χ1v) is 12.2. The molecule has 3 rings (SSSR count). The Kier molecular flexibility index (Phi) is 6.94. The van der Waals surface area contributed by atoms with E-state index in [-0.39, 0.29) is 28.6 Å². The van der Waals surface area contributed by atoms with E-state index >= 15 is 0 Å². The highest BCUT2D eigenvalue weighted by atomic mass is 32.2. The predicted molar refractivity (Wildman–Crippen MR) is 122 cm³/mol. The Morgan fingerprint density at radius 1 is 1.15 bits per heavy atom. The van der Waals surface area contributed by atoms with Crippen molar-refractivity contribution in [2.75, 3.05) is 10.8 Å². The molecule has 34 heavy (non-hydrogen) atoms. The third kappa shape index (κ3) is 5.17. The summed E-state index contributed by atoms with van der Waals surface area (Å²) >= 11 is 1.18. The number of halogens is 3. The van der Waals surface area contributed by atoms with Crippen molar-refractivity contribution in [3.8, 4) is 16.3 Å². The molecule has 0 aliphatic heterocycles. The molecule has 182 valence electrons. The number of anilines is 1. The van der Waals surface area contributed by atoms with Crippen molar-refractivity contribution in [3.05, 3.63) is 58.0 Å². The van der Waals surface area contributed by atoms with Gasteiger partial charge in [0.25, 0.3) is 10.0 Å². The number of carboxylic acids is 1. The highest BCUT2D eigenvalue weighted by Gasteiger charge is 2.31. The van der Waals surface area contributed by atoms with Crippen LogP contribution in [0.15, 0.2) is 41.3 Å². The lowest BCUT2D eigenvalue weighted by molar-refractivity contribution is -0.274. The Hall–Kier alpha value is -3.12. The fourth-order valence-corrected chi connectivity index (χ4v) is 5.87. The first kappa shape index (κ1) is 25.5. The number of thiazole rings is 1. The van der Waals surface area contributed by atoms with Gasteiger partial charge in [0.15, 0.2) is 5.82 Å². The molecule has 3 aromatic rings. The summed E-state index contributed by atoms with van der Waals surface area (Å²) in [6, 6.07) is 7.64. The fourth-order valence-electron chi connectivity index (χ4n) is 3.30. The Morgan fingerprint density at radius 2 is 1.76 bits per heavy atom. The average molecular weight is 515 g/mol. The van der Waals surface area contributed by atoms with Crippen LogP contribution >= 0.6 is 11.3 Å².